The number of benzene rings is 1. The number of nitrogens with zero attached hydrogens (tertiary/aromatic N) is 3. The highest BCUT2D eigenvalue weighted by Crippen LogP contribution is 2.09. The second-order valence-electron chi connectivity index (χ2n) is 3.11. The van der Waals surface area contributed by atoms with Gasteiger partial charge in [0.25, 0.3) is 0 Å². The number of hydrogen-bond donors (Lipinski definition) is 1. The van der Waals surface area contributed by atoms with Crippen LogP contribution in [0.15, 0.2) is 36.7 Å². The summed E-state index contributed by atoms with van der Waals surface area (Å²) in [5, 5.41) is 21.6. The van der Waals surface area contributed by atoms with Crippen LogP contribution in [0.2, 0.25) is 0 Å². The molecule has 74 valence electrons. The fourth-order valence-corrected chi connectivity index (χ4v) is 1.27. The van der Waals surface area contributed by atoms with Gasteiger partial charge in [-0.1, -0.05) is 0 Å². The molecule has 1 aromatic carbocycles. The molecule has 0 unspecified atom stereocenters. The Morgan fingerprint density at radius 2 is 2.07 bits per heavy atom. The molecule has 1 heterocycles. The van der Waals surface area contributed by atoms with Gasteiger partial charge < -0.3 is 5.11 Å². The van der Waals surface area contributed by atoms with Crippen LogP contribution in [-0.2, 0) is 6.61 Å². The van der Waals surface area contributed by atoms with Gasteiger partial charge >= 0.3 is 0 Å². The average Bonchev–Trinajstić information content (AvgIpc) is 2.78. The van der Waals surface area contributed by atoms with E-state index in [4.69, 9.17) is 10.4 Å². The summed E-state index contributed by atoms with van der Waals surface area (Å²) in [6.45, 7) is -0.0176. The Morgan fingerprint density at radius 1 is 1.33 bits per heavy atom. The number of aliphatic hydroxyl groups excluding tert-OH is 1. The summed E-state index contributed by atoms with van der Waals surface area (Å²) in [5.74, 6) is 0. The van der Waals surface area contributed by atoms with Crippen molar-refractivity contribution in [3.8, 4) is 11.8 Å². The first-order valence-corrected chi connectivity index (χ1v) is 4.48. The van der Waals surface area contributed by atoms with Gasteiger partial charge in [-0.25, -0.2) is 4.68 Å². The van der Waals surface area contributed by atoms with Gasteiger partial charge in [0.15, 0.2) is 0 Å². The lowest BCUT2D eigenvalue weighted by molar-refractivity contribution is 0.282. The van der Waals surface area contributed by atoms with Gasteiger partial charge in [-0.05, 0) is 24.3 Å². The van der Waals surface area contributed by atoms with Gasteiger partial charge in [0, 0.05) is 11.8 Å². The predicted octanol–water partition coefficient (Wildman–Crippen LogP) is 1.24. The largest absolute Gasteiger partial charge is 0.392 e. The molecule has 0 fully saturated rings. The second-order valence-corrected chi connectivity index (χ2v) is 3.11. The van der Waals surface area contributed by atoms with E-state index in [0.29, 0.717) is 5.56 Å². The van der Waals surface area contributed by atoms with Crippen molar-refractivity contribution in [1.82, 2.24) is 9.78 Å². The van der Waals surface area contributed by atoms with Crippen LogP contribution in [0.1, 0.15) is 11.1 Å². The highest BCUT2D eigenvalue weighted by atomic mass is 16.3. The van der Waals surface area contributed by atoms with Gasteiger partial charge in [-0.3, -0.25) is 0 Å². The highest BCUT2D eigenvalue weighted by molar-refractivity contribution is 5.38. The Kier molecular flexibility index (Phi) is 2.48. The lowest BCUT2D eigenvalue weighted by atomic mass is 10.2. The number of aliphatic hydroxyl groups is 1. The van der Waals surface area contributed by atoms with Crippen LogP contribution in [0.5, 0.6) is 0 Å². The molecule has 0 bridgehead atoms. The molecule has 4 heteroatoms. The summed E-state index contributed by atoms with van der Waals surface area (Å²) in [5.41, 5.74) is 2.25. The van der Waals surface area contributed by atoms with Crippen LogP contribution in [0.4, 0.5) is 0 Å². The molecule has 4 nitrogen and oxygen atoms in total. The summed E-state index contributed by atoms with van der Waals surface area (Å²) in [6, 6.07) is 9.14. The van der Waals surface area contributed by atoms with Crippen molar-refractivity contribution in [2.75, 3.05) is 0 Å². The summed E-state index contributed by atoms with van der Waals surface area (Å²) in [7, 11) is 0. The fourth-order valence-electron chi connectivity index (χ4n) is 1.27. The topological polar surface area (TPSA) is 61.8 Å². The van der Waals surface area contributed by atoms with E-state index in [1.807, 2.05) is 12.1 Å². The lowest BCUT2D eigenvalue weighted by Gasteiger charge is -1.99. The van der Waals surface area contributed by atoms with Crippen LogP contribution in [0, 0.1) is 11.3 Å². The maximum atomic E-state index is 8.88. The molecule has 0 saturated heterocycles. The number of rotatable bonds is 2. The second kappa shape index (κ2) is 3.95. The van der Waals surface area contributed by atoms with E-state index in [9.17, 15) is 0 Å². The van der Waals surface area contributed by atoms with Gasteiger partial charge in [0.05, 0.1) is 30.1 Å². The van der Waals surface area contributed by atoms with Crippen LogP contribution in [0.25, 0.3) is 5.69 Å². The molecule has 15 heavy (non-hydrogen) atoms. The SMILES string of the molecule is N#Cc1ccc(-n2cc(CO)cn2)cc1. The van der Waals surface area contributed by atoms with E-state index in [1.165, 1.54) is 0 Å². The van der Waals surface area contributed by atoms with E-state index in [0.717, 1.165) is 11.3 Å². The highest BCUT2D eigenvalue weighted by Gasteiger charge is 1.99. The Morgan fingerprint density at radius 3 is 2.60 bits per heavy atom. The standard InChI is InChI=1S/C11H9N3O/c12-5-9-1-3-11(4-2-9)14-7-10(8-15)6-13-14/h1-4,6-7,15H,8H2. The number of nitriles is 1. The normalized spacial score (nSPS) is 9.87. The van der Waals surface area contributed by atoms with Crippen molar-refractivity contribution in [2.24, 2.45) is 0 Å². The molecule has 0 aliphatic carbocycles. The number of aromatic nitrogens is 2. The molecule has 0 aliphatic heterocycles. The molecule has 2 aromatic rings. The van der Waals surface area contributed by atoms with Crippen LogP contribution < -0.4 is 0 Å². The molecular weight excluding hydrogens is 190 g/mol. The minimum atomic E-state index is -0.0176. The molecular formula is C11H9N3O. The Labute approximate surface area is 87.0 Å². The number of hydrogen-bond acceptors (Lipinski definition) is 3. The first kappa shape index (κ1) is 9.44. The third-order valence-electron chi connectivity index (χ3n) is 2.08. The van der Waals surface area contributed by atoms with E-state index in [-0.39, 0.29) is 6.61 Å². The molecule has 0 amide bonds. The minimum Gasteiger partial charge on any atom is -0.392 e. The Bertz CT molecular complexity index is 493. The molecule has 1 aromatic heterocycles. The molecule has 0 radical (unpaired) electrons. The maximum Gasteiger partial charge on any atom is 0.0991 e. The van der Waals surface area contributed by atoms with Crippen molar-refractivity contribution >= 4 is 0 Å². The van der Waals surface area contributed by atoms with Gasteiger partial charge in [0.2, 0.25) is 0 Å². The van der Waals surface area contributed by atoms with Crippen molar-refractivity contribution in [3.05, 3.63) is 47.8 Å². The van der Waals surface area contributed by atoms with Crippen LogP contribution >= 0.6 is 0 Å². The van der Waals surface area contributed by atoms with E-state index < -0.39 is 0 Å². The van der Waals surface area contributed by atoms with E-state index >= 15 is 0 Å². The Hall–Kier alpha value is -2.12. The first-order valence-electron chi connectivity index (χ1n) is 4.48. The molecule has 0 aliphatic rings. The monoisotopic (exact) mass is 199 g/mol. The van der Waals surface area contributed by atoms with Crippen molar-refractivity contribution in [2.45, 2.75) is 6.61 Å². The lowest BCUT2D eigenvalue weighted by Crippen LogP contribution is -1.93. The van der Waals surface area contributed by atoms with Crippen molar-refractivity contribution in [1.29, 1.82) is 5.26 Å². The third-order valence-corrected chi connectivity index (χ3v) is 2.08. The average molecular weight is 199 g/mol. The molecule has 0 saturated carbocycles. The predicted molar refractivity (Wildman–Crippen MR) is 54.2 cm³/mol. The van der Waals surface area contributed by atoms with Crippen molar-refractivity contribution < 1.29 is 5.11 Å². The third kappa shape index (κ3) is 1.87. The smallest absolute Gasteiger partial charge is 0.0991 e. The zero-order valence-electron chi connectivity index (χ0n) is 7.96. The van der Waals surface area contributed by atoms with Gasteiger partial charge in [-0.2, -0.15) is 10.4 Å². The zero-order valence-corrected chi connectivity index (χ0v) is 7.96. The van der Waals surface area contributed by atoms with Gasteiger partial charge in [-0.15, -0.1) is 0 Å². The first-order chi connectivity index (χ1) is 7.33. The van der Waals surface area contributed by atoms with Crippen molar-refractivity contribution in [3.63, 3.8) is 0 Å². The molecule has 0 spiro atoms. The molecule has 2 rings (SSSR count). The summed E-state index contributed by atoms with van der Waals surface area (Å²) < 4.78 is 1.66. The maximum absolute atomic E-state index is 8.88. The fraction of sp³-hybridized carbons (Fsp3) is 0.0909. The molecule has 1 N–H and O–H groups in total. The molecule has 0 atom stereocenters. The van der Waals surface area contributed by atoms with Crippen LogP contribution in [0.3, 0.4) is 0 Å². The summed E-state index contributed by atoms with van der Waals surface area (Å²) >= 11 is 0. The summed E-state index contributed by atoms with van der Waals surface area (Å²) in [4.78, 5) is 0. The minimum absolute atomic E-state index is 0.0176. The van der Waals surface area contributed by atoms with E-state index in [2.05, 4.69) is 11.2 Å². The summed E-state index contributed by atoms with van der Waals surface area (Å²) in [6.07, 6.45) is 3.36. The van der Waals surface area contributed by atoms with Crippen LogP contribution in [-0.4, -0.2) is 14.9 Å². The zero-order chi connectivity index (χ0) is 10.7. The van der Waals surface area contributed by atoms with Gasteiger partial charge in [0.1, 0.15) is 0 Å². The quantitative estimate of drug-likeness (QED) is 0.791. The Balaban J connectivity index is 2.33. The van der Waals surface area contributed by atoms with E-state index in [1.54, 1.807) is 29.2 Å².